The number of nitrogen functional groups attached to an aromatic ring is 1. The number of hydrogen-bond donors (Lipinski definition) is 3. The van der Waals surface area contributed by atoms with Crippen molar-refractivity contribution in [3.05, 3.63) is 89.5 Å². The van der Waals surface area contributed by atoms with Crippen molar-refractivity contribution in [3.8, 4) is 11.4 Å². The summed E-state index contributed by atoms with van der Waals surface area (Å²) in [6, 6.07) is 22.8. The third kappa shape index (κ3) is 5.85. The lowest BCUT2D eigenvalue weighted by Gasteiger charge is -2.10. The minimum atomic E-state index is -0.379. The molecular weight excluding hydrogens is 466 g/mol. The van der Waals surface area contributed by atoms with Gasteiger partial charge in [-0.15, -0.1) is 12.4 Å². The maximum Gasteiger partial charge on any atom is 0.307 e. The highest BCUT2D eigenvalue weighted by Gasteiger charge is 2.16. The van der Waals surface area contributed by atoms with E-state index in [0.29, 0.717) is 23.2 Å². The van der Waals surface area contributed by atoms with E-state index >= 15 is 0 Å². The van der Waals surface area contributed by atoms with Crippen molar-refractivity contribution in [2.24, 2.45) is 5.73 Å². The summed E-state index contributed by atoms with van der Waals surface area (Å²) in [6.07, 6.45) is 0.108. The minimum Gasteiger partial charge on any atom is -0.469 e. The first-order valence-corrected chi connectivity index (χ1v) is 10.8. The molecule has 35 heavy (non-hydrogen) atoms. The molecule has 1 amide bonds. The topological polar surface area (TPSA) is 123 Å². The van der Waals surface area contributed by atoms with E-state index in [1.165, 1.54) is 7.11 Å². The lowest BCUT2D eigenvalue weighted by atomic mass is 10.1. The molecule has 0 aliphatic carbocycles. The molecule has 0 fully saturated rings. The molecule has 0 aliphatic rings. The first kappa shape index (κ1) is 25.5. The number of amides is 1. The molecule has 1 aromatic heterocycles. The van der Waals surface area contributed by atoms with Crippen molar-refractivity contribution in [2.75, 3.05) is 13.7 Å². The Hall–Kier alpha value is -4.17. The number of nitrogens with one attached hydrogen (secondary N) is 2. The fraction of sp³-hybridized carbons (Fsp3) is 0.154. The van der Waals surface area contributed by atoms with E-state index in [0.717, 1.165) is 22.5 Å². The van der Waals surface area contributed by atoms with E-state index < -0.39 is 0 Å². The number of imidazole rings is 1. The number of esters is 1. The number of halogens is 1. The van der Waals surface area contributed by atoms with Crippen molar-refractivity contribution in [3.63, 3.8) is 0 Å². The molecule has 8 nitrogen and oxygen atoms in total. The Morgan fingerprint density at radius 3 is 2.37 bits per heavy atom. The second kappa shape index (κ2) is 11.3. The number of rotatable bonds is 8. The number of methoxy groups -OCH3 is 1. The summed E-state index contributed by atoms with van der Waals surface area (Å²) < 4.78 is 6.70. The van der Waals surface area contributed by atoms with Crippen molar-refractivity contribution >= 4 is 41.2 Å². The zero-order valence-corrected chi connectivity index (χ0v) is 20.0. The number of nitrogens with two attached hydrogens (primary N) is 1. The van der Waals surface area contributed by atoms with Crippen LogP contribution in [-0.2, 0) is 16.1 Å². The maximum atomic E-state index is 12.6. The van der Waals surface area contributed by atoms with Gasteiger partial charge in [-0.05, 0) is 23.8 Å². The number of benzene rings is 3. The predicted molar refractivity (Wildman–Crippen MR) is 138 cm³/mol. The van der Waals surface area contributed by atoms with Crippen molar-refractivity contribution < 1.29 is 14.3 Å². The zero-order valence-electron chi connectivity index (χ0n) is 19.2. The molecule has 4 aromatic rings. The fourth-order valence-corrected chi connectivity index (χ4v) is 3.70. The van der Waals surface area contributed by atoms with E-state index in [4.69, 9.17) is 16.1 Å². The molecule has 0 saturated heterocycles. The van der Waals surface area contributed by atoms with Crippen molar-refractivity contribution in [2.45, 2.75) is 13.0 Å². The molecule has 4 rings (SSSR count). The molecule has 0 unspecified atom stereocenters. The number of hydrogen-bond acceptors (Lipinski definition) is 5. The van der Waals surface area contributed by atoms with Gasteiger partial charge in [0, 0.05) is 29.8 Å². The summed E-state index contributed by atoms with van der Waals surface area (Å²) >= 11 is 0. The van der Waals surface area contributed by atoms with Crippen LogP contribution in [0.2, 0.25) is 0 Å². The zero-order chi connectivity index (χ0) is 24.1. The van der Waals surface area contributed by atoms with Gasteiger partial charge < -0.3 is 20.4 Å². The summed E-state index contributed by atoms with van der Waals surface area (Å²) in [5.74, 6) is 0.0935. The fourth-order valence-electron chi connectivity index (χ4n) is 3.70. The number of nitrogens with zero attached hydrogens (tertiary/aromatic N) is 2. The highest BCUT2D eigenvalue weighted by Crippen LogP contribution is 2.27. The Morgan fingerprint density at radius 1 is 1.03 bits per heavy atom. The Bertz CT molecular complexity index is 1350. The maximum absolute atomic E-state index is 12.6. The molecule has 0 radical (unpaired) electrons. The number of aromatic nitrogens is 2. The number of ether oxygens (including phenoxy) is 1. The summed E-state index contributed by atoms with van der Waals surface area (Å²) in [4.78, 5) is 28.7. The van der Waals surface area contributed by atoms with E-state index in [1.54, 1.807) is 24.3 Å². The van der Waals surface area contributed by atoms with Crippen LogP contribution in [0.3, 0.4) is 0 Å². The van der Waals surface area contributed by atoms with Gasteiger partial charge in [0.1, 0.15) is 11.7 Å². The average molecular weight is 492 g/mol. The third-order valence-corrected chi connectivity index (χ3v) is 5.49. The Kier molecular flexibility index (Phi) is 8.22. The van der Waals surface area contributed by atoms with E-state index in [-0.39, 0.29) is 43.1 Å². The molecular formula is C26H26ClN5O3. The van der Waals surface area contributed by atoms with Gasteiger partial charge >= 0.3 is 5.97 Å². The Morgan fingerprint density at radius 2 is 1.71 bits per heavy atom. The van der Waals surface area contributed by atoms with Gasteiger partial charge in [-0.1, -0.05) is 54.6 Å². The normalized spacial score (nSPS) is 10.4. The van der Waals surface area contributed by atoms with Crippen LogP contribution in [0.1, 0.15) is 27.9 Å². The first-order chi connectivity index (χ1) is 16.5. The monoisotopic (exact) mass is 491 g/mol. The van der Waals surface area contributed by atoms with E-state index in [2.05, 4.69) is 26.8 Å². The molecule has 0 saturated carbocycles. The second-order valence-electron chi connectivity index (χ2n) is 7.78. The van der Waals surface area contributed by atoms with Gasteiger partial charge in [0.05, 0.1) is 24.6 Å². The third-order valence-electron chi connectivity index (χ3n) is 5.49. The number of amidine groups is 1. The lowest BCUT2D eigenvalue weighted by molar-refractivity contribution is -0.140. The molecule has 180 valence electrons. The molecule has 0 bridgehead atoms. The molecule has 0 spiro atoms. The largest absolute Gasteiger partial charge is 0.469 e. The summed E-state index contributed by atoms with van der Waals surface area (Å²) in [5, 5.41) is 10.4. The second-order valence-corrected chi connectivity index (χ2v) is 7.78. The number of fused-ring (bicyclic) bond motifs is 1. The average Bonchev–Trinajstić information content (AvgIpc) is 3.22. The number of carbonyl (C=O) groups excluding carboxylic acids is 2. The van der Waals surface area contributed by atoms with Gasteiger partial charge in [0.15, 0.2) is 0 Å². The van der Waals surface area contributed by atoms with Gasteiger partial charge in [0.2, 0.25) is 0 Å². The molecule has 0 atom stereocenters. The molecule has 9 heteroatoms. The van der Waals surface area contributed by atoms with E-state index in [9.17, 15) is 9.59 Å². The summed E-state index contributed by atoms with van der Waals surface area (Å²) in [7, 11) is 1.31. The molecule has 0 aliphatic heterocycles. The summed E-state index contributed by atoms with van der Waals surface area (Å²) in [6.45, 7) is 0.797. The van der Waals surface area contributed by atoms with Gasteiger partial charge in [0.25, 0.3) is 5.91 Å². The van der Waals surface area contributed by atoms with Gasteiger partial charge in [-0.2, -0.15) is 0 Å². The highest BCUT2D eigenvalue weighted by molar-refractivity contribution is 5.98. The van der Waals surface area contributed by atoms with Crippen LogP contribution in [0.15, 0.2) is 72.8 Å². The van der Waals surface area contributed by atoms with Crippen LogP contribution in [0, 0.1) is 5.41 Å². The minimum absolute atomic E-state index is 0. The SMILES string of the molecule is COC(=O)CCNC(=O)c1ccc2c(c1)nc(-c1ccc(C(=N)N)cc1)n2Cc1ccccc1.Cl. The standard InChI is InChI=1S/C26H25N5O3.ClH/c1-34-23(32)13-14-29-26(33)20-11-12-22-21(15-20)30-25(19-9-7-18(8-10-19)24(27)28)31(22)16-17-5-3-2-4-6-17;/h2-12,15H,13-14,16H2,1H3,(H3,27,28)(H,29,33);1H. The van der Waals surface area contributed by atoms with Crippen LogP contribution in [-0.4, -0.2) is 40.9 Å². The molecule has 1 heterocycles. The van der Waals surface area contributed by atoms with Crippen molar-refractivity contribution in [1.29, 1.82) is 5.41 Å². The van der Waals surface area contributed by atoms with Crippen LogP contribution in [0.4, 0.5) is 0 Å². The quantitative estimate of drug-likeness (QED) is 0.197. The van der Waals surface area contributed by atoms with Crippen molar-refractivity contribution in [1.82, 2.24) is 14.9 Å². The van der Waals surface area contributed by atoms with Crippen LogP contribution >= 0.6 is 12.4 Å². The molecule has 4 N–H and O–H groups in total. The van der Waals surface area contributed by atoms with Crippen LogP contribution in [0.25, 0.3) is 22.4 Å². The van der Waals surface area contributed by atoms with Gasteiger partial charge in [-0.3, -0.25) is 15.0 Å². The number of carbonyl (C=O) groups is 2. The summed E-state index contributed by atoms with van der Waals surface area (Å²) in [5.41, 5.74) is 10.3. The van der Waals surface area contributed by atoms with Gasteiger partial charge in [-0.25, -0.2) is 4.98 Å². The Labute approximate surface area is 209 Å². The lowest BCUT2D eigenvalue weighted by Crippen LogP contribution is -2.26. The smallest absolute Gasteiger partial charge is 0.307 e. The highest BCUT2D eigenvalue weighted by atomic mass is 35.5. The van der Waals surface area contributed by atoms with Crippen LogP contribution < -0.4 is 11.1 Å². The van der Waals surface area contributed by atoms with Crippen LogP contribution in [0.5, 0.6) is 0 Å². The predicted octanol–water partition coefficient (Wildman–Crippen LogP) is 3.75. The first-order valence-electron chi connectivity index (χ1n) is 10.8. The van der Waals surface area contributed by atoms with E-state index in [1.807, 2.05) is 36.4 Å². The Balaban J connectivity index is 0.00000342. The molecule has 3 aromatic carbocycles.